The van der Waals surface area contributed by atoms with Gasteiger partial charge in [-0.3, -0.25) is 0 Å². The monoisotopic (exact) mass is 262 g/mol. The van der Waals surface area contributed by atoms with Crippen molar-refractivity contribution < 1.29 is 0 Å². The fourth-order valence-corrected chi connectivity index (χ4v) is 3.42. The summed E-state index contributed by atoms with van der Waals surface area (Å²) >= 11 is 1.69. The van der Waals surface area contributed by atoms with Gasteiger partial charge >= 0.3 is 0 Å². The van der Waals surface area contributed by atoms with Crippen LogP contribution in [0.1, 0.15) is 33.1 Å². The van der Waals surface area contributed by atoms with Gasteiger partial charge in [-0.25, -0.2) is 15.0 Å². The molecule has 0 saturated carbocycles. The molecule has 0 amide bonds. The van der Waals surface area contributed by atoms with Crippen LogP contribution in [0.15, 0.2) is 17.8 Å². The van der Waals surface area contributed by atoms with Crippen molar-refractivity contribution in [2.75, 3.05) is 5.43 Å². The van der Waals surface area contributed by atoms with Gasteiger partial charge < -0.3 is 5.43 Å². The van der Waals surface area contributed by atoms with Crippen LogP contribution in [0.5, 0.6) is 0 Å². The third kappa shape index (κ3) is 2.08. The number of thiophene rings is 1. The molecule has 2 atom stereocenters. The van der Waals surface area contributed by atoms with E-state index in [1.54, 1.807) is 17.7 Å². The first-order chi connectivity index (χ1) is 8.75. The molecular weight excluding hydrogens is 244 g/mol. The Hall–Kier alpha value is -1.20. The number of nitrogens with zero attached hydrogens (tertiary/aromatic N) is 3. The zero-order valence-corrected chi connectivity index (χ0v) is 11.6. The molecule has 0 bridgehead atoms. The number of aromatic nitrogens is 2. The van der Waals surface area contributed by atoms with E-state index >= 15 is 0 Å². The predicted molar refractivity (Wildman–Crippen MR) is 75.7 cm³/mol. The van der Waals surface area contributed by atoms with Gasteiger partial charge in [-0.2, -0.15) is 0 Å². The van der Waals surface area contributed by atoms with Gasteiger partial charge in [0, 0.05) is 12.1 Å². The predicted octanol–water partition coefficient (Wildman–Crippen LogP) is 3.28. The van der Waals surface area contributed by atoms with Gasteiger partial charge in [-0.15, -0.1) is 11.3 Å². The molecule has 2 aromatic heterocycles. The van der Waals surface area contributed by atoms with Crippen molar-refractivity contribution in [3.63, 3.8) is 0 Å². The van der Waals surface area contributed by atoms with E-state index < -0.39 is 0 Å². The molecule has 96 valence electrons. The number of rotatable bonds is 2. The third-order valence-corrected chi connectivity index (χ3v) is 4.58. The van der Waals surface area contributed by atoms with Crippen molar-refractivity contribution in [2.24, 2.45) is 0 Å². The highest BCUT2D eigenvalue weighted by Crippen LogP contribution is 2.28. The summed E-state index contributed by atoms with van der Waals surface area (Å²) in [6.07, 6.45) is 5.45. The highest BCUT2D eigenvalue weighted by molar-refractivity contribution is 7.17. The summed E-state index contributed by atoms with van der Waals surface area (Å²) in [7, 11) is 0. The summed E-state index contributed by atoms with van der Waals surface area (Å²) in [5.74, 6) is 0.940. The maximum Gasteiger partial charge on any atom is 0.161 e. The average Bonchev–Trinajstić information content (AvgIpc) is 2.83. The zero-order chi connectivity index (χ0) is 12.5. The fourth-order valence-electron chi connectivity index (χ4n) is 2.63. The quantitative estimate of drug-likeness (QED) is 0.901. The second-order valence-corrected chi connectivity index (χ2v) is 5.92. The van der Waals surface area contributed by atoms with Gasteiger partial charge in [0.25, 0.3) is 0 Å². The Morgan fingerprint density at radius 1 is 1.28 bits per heavy atom. The van der Waals surface area contributed by atoms with Crippen LogP contribution in [0.25, 0.3) is 10.2 Å². The van der Waals surface area contributed by atoms with Crippen molar-refractivity contribution >= 4 is 27.4 Å². The lowest BCUT2D eigenvalue weighted by Crippen LogP contribution is -2.47. The summed E-state index contributed by atoms with van der Waals surface area (Å²) < 4.78 is 1.14. The number of anilines is 1. The minimum absolute atomic E-state index is 0.554. The highest BCUT2D eigenvalue weighted by atomic mass is 32.1. The molecule has 2 aromatic rings. The van der Waals surface area contributed by atoms with Crippen LogP contribution < -0.4 is 5.43 Å². The molecule has 1 saturated heterocycles. The Kier molecular flexibility index (Phi) is 3.18. The molecule has 1 fully saturated rings. The van der Waals surface area contributed by atoms with Crippen molar-refractivity contribution in [3.05, 3.63) is 17.8 Å². The number of piperidine rings is 1. The normalized spacial score (nSPS) is 25.4. The van der Waals surface area contributed by atoms with Crippen molar-refractivity contribution in [1.29, 1.82) is 0 Å². The van der Waals surface area contributed by atoms with E-state index in [9.17, 15) is 0 Å². The summed E-state index contributed by atoms with van der Waals surface area (Å²) in [4.78, 5) is 8.66. The Balaban J connectivity index is 1.89. The Labute approximate surface area is 111 Å². The zero-order valence-electron chi connectivity index (χ0n) is 10.8. The average molecular weight is 262 g/mol. The van der Waals surface area contributed by atoms with E-state index in [1.165, 1.54) is 19.3 Å². The van der Waals surface area contributed by atoms with E-state index in [2.05, 4.69) is 39.6 Å². The molecular formula is C13H18N4S. The molecule has 1 N–H and O–H groups in total. The van der Waals surface area contributed by atoms with Crippen LogP contribution in [0.2, 0.25) is 0 Å². The minimum atomic E-state index is 0.554. The first-order valence-corrected chi connectivity index (χ1v) is 7.37. The number of fused-ring (bicyclic) bond motifs is 1. The number of hydrogen-bond acceptors (Lipinski definition) is 5. The van der Waals surface area contributed by atoms with Crippen molar-refractivity contribution in [1.82, 2.24) is 15.0 Å². The molecule has 2 unspecified atom stereocenters. The maximum atomic E-state index is 4.39. The minimum Gasteiger partial charge on any atom is -0.301 e. The van der Waals surface area contributed by atoms with E-state index in [0.29, 0.717) is 12.1 Å². The summed E-state index contributed by atoms with van der Waals surface area (Å²) in [6.45, 7) is 4.55. The lowest BCUT2D eigenvalue weighted by atomic mass is 10.00. The summed E-state index contributed by atoms with van der Waals surface area (Å²) in [5, 5.41) is 4.40. The van der Waals surface area contributed by atoms with Crippen molar-refractivity contribution in [2.45, 2.75) is 45.2 Å². The lowest BCUT2D eigenvalue weighted by Gasteiger charge is -2.39. The largest absolute Gasteiger partial charge is 0.301 e. The maximum absolute atomic E-state index is 4.39. The second-order valence-electron chi connectivity index (χ2n) is 5.01. The van der Waals surface area contributed by atoms with Gasteiger partial charge in [-0.05, 0) is 38.1 Å². The number of hydrogen-bond donors (Lipinski definition) is 1. The van der Waals surface area contributed by atoms with E-state index in [4.69, 9.17) is 0 Å². The van der Waals surface area contributed by atoms with Crippen LogP contribution in [0.4, 0.5) is 5.82 Å². The van der Waals surface area contributed by atoms with Gasteiger partial charge in [0.05, 0.1) is 10.2 Å². The molecule has 0 radical (unpaired) electrons. The Bertz CT molecular complexity index is 529. The molecule has 3 heterocycles. The van der Waals surface area contributed by atoms with Crippen LogP contribution in [-0.4, -0.2) is 27.1 Å². The Morgan fingerprint density at radius 2 is 2.06 bits per heavy atom. The molecule has 1 aliphatic rings. The molecule has 0 aromatic carbocycles. The van der Waals surface area contributed by atoms with Crippen molar-refractivity contribution in [3.8, 4) is 0 Å². The topological polar surface area (TPSA) is 41.0 Å². The van der Waals surface area contributed by atoms with Gasteiger partial charge in [0.15, 0.2) is 5.82 Å². The van der Waals surface area contributed by atoms with Gasteiger partial charge in [-0.1, -0.05) is 6.42 Å². The molecule has 4 nitrogen and oxygen atoms in total. The first-order valence-electron chi connectivity index (χ1n) is 6.49. The fraction of sp³-hybridized carbons (Fsp3) is 0.538. The SMILES string of the molecule is CC1CCCC(C)N1Nc1ncnc2ccsc12. The summed E-state index contributed by atoms with van der Waals surface area (Å²) in [6, 6.07) is 3.15. The first kappa shape index (κ1) is 11.9. The van der Waals surface area contributed by atoms with Crippen LogP contribution in [0, 0.1) is 0 Å². The summed E-state index contributed by atoms with van der Waals surface area (Å²) in [5.41, 5.74) is 4.53. The number of hydrazine groups is 1. The standard InChI is InChI=1S/C13H18N4S/c1-9-4-3-5-10(2)17(9)16-13-12-11(6-7-18-12)14-8-15-13/h6-10H,3-5H2,1-2H3,(H,14,15,16). The van der Waals surface area contributed by atoms with Crippen LogP contribution in [0.3, 0.4) is 0 Å². The second kappa shape index (κ2) is 4.82. The lowest BCUT2D eigenvalue weighted by molar-refractivity contribution is 0.135. The van der Waals surface area contributed by atoms with Gasteiger partial charge in [0.1, 0.15) is 6.33 Å². The molecule has 0 spiro atoms. The van der Waals surface area contributed by atoms with E-state index in [-0.39, 0.29) is 0 Å². The number of nitrogens with one attached hydrogen (secondary N) is 1. The molecule has 3 rings (SSSR count). The van der Waals surface area contributed by atoms with E-state index in [1.807, 2.05) is 6.07 Å². The molecule has 0 aliphatic carbocycles. The smallest absolute Gasteiger partial charge is 0.161 e. The molecule has 5 heteroatoms. The Morgan fingerprint density at radius 3 is 2.83 bits per heavy atom. The van der Waals surface area contributed by atoms with Crippen LogP contribution >= 0.6 is 11.3 Å². The van der Waals surface area contributed by atoms with E-state index in [0.717, 1.165) is 16.0 Å². The third-order valence-electron chi connectivity index (χ3n) is 3.67. The molecule has 1 aliphatic heterocycles. The highest BCUT2D eigenvalue weighted by Gasteiger charge is 2.25. The van der Waals surface area contributed by atoms with Crippen LogP contribution in [-0.2, 0) is 0 Å². The van der Waals surface area contributed by atoms with Gasteiger partial charge in [0.2, 0.25) is 0 Å². The molecule has 18 heavy (non-hydrogen) atoms.